The van der Waals surface area contributed by atoms with E-state index in [1.807, 2.05) is 6.07 Å². The van der Waals surface area contributed by atoms with E-state index in [2.05, 4.69) is 30.7 Å². The Hall–Kier alpha value is -2.18. The molecule has 3 rings (SSSR count). The first-order valence-corrected chi connectivity index (χ1v) is 10.3. The van der Waals surface area contributed by atoms with Crippen LogP contribution in [0.25, 0.3) is 0 Å². The maximum Gasteiger partial charge on any atom is 0.258 e. The van der Waals surface area contributed by atoms with Crippen LogP contribution in [0.3, 0.4) is 0 Å². The second-order valence-corrected chi connectivity index (χ2v) is 8.72. The Morgan fingerprint density at radius 1 is 1.12 bits per heavy atom. The number of carbonyl (C=O) groups is 1. The van der Waals surface area contributed by atoms with E-state index in [9.17, 15) is 13.2 Å². The van der Waals surface area contributed by atoms with Gasteiger partial charge < -0.3 is 4.90 Å². The predicted molar refractivity (Wildman–Crippen MR) is 103 cm³/mol. The first-order chi connectivity index (χ1) is 12.3. The summed E-state index contributed by atoms with van der Waals surface area (Å²) in [4.78, 5) is 14.9. The van der Waals surface area contributed by atoms with Crippen molar-refractivity contribution in [2.24, 2.45) is 0 Å². The van der Waals surface area contributed by atoms with Crippen LogP contribution in [-0.4, -0.2) is 27.9 Å². The molecule has 1 N–H and O–H groups in total. The summed E-state index contributed by atoms with van der Waals surface area (Å²) in [5, 5.41) is 0. The Labute approximate surface area is 155 Å². The Morgan fingerprint density at radius 3 is 2.42 bits per heavy atom. The summed E-state index contributed by atoms with van der Waals surface area (Å²) in [6.07, 6.45) is 1.89. The van der Waals surface area contributed by atoms with Crippen molar-refractivity contribution in [3.05, 3.63) is 59.2 Å². The van der Waals surface area contributed by atoms with Gasteiger partial charge in [0.15, 0.2) is 0 Å². The Morgan fingerprint density at radius 2 is 1.81 bits per heavy atom. The molecule has 0 unspecified atom stereocenters. The van der Waals surface area contributed by atoms with Crippen LogP contribution in [0.15, 0.2) is 47.4 Å². The fraction of sp³-hybridized carbons (Fsp3) is 0.350. The maximum absolute atomic E-state index is 13.0. The number of nitrogens with zero attached hydrogens (tertiary/aromatic N) is 1. The van der Waals surface area contributed by atoms with E-state index >= 15 is 0 Å². The number of anilines is 1. The molecule has 1 amide bonds. The van der Waals surface area contributed by atoms with Gasteiger partial charge in [-0.05, 0) is 67.3 Å². The number of sulfonamides is 1. The van der Waals surface area contributed by atoms with Crippen LogP contribution in [-0.2, 0) is 16.4 Å². The van der Waals surface area contributed by atoms with Gasteiger partial charge in [-0.15, -0.1) is 0 Å². The molecule has 0 saturated carbocycles. The number of aryl methyl sites for hydroxylation is 1. The molecule has 0 spiro atoms. The van der Waals surface area contributed by atoms with Gasteiger partial charge in [0.05, 0.1) is 4.90 Å². The number of hydrogen-bond donors (Lipinski definition) is 1. The fourth-order valence-corrected chi connectivity index (χ4v) is 3.97. The first kappa shape index (κ1) is 18.6. The molecule has 1 aliphatic rings. The molecule has 0 aliphatic carbocycles. The minimum absolute atomic E-state index is 0.100. The number of amides is 1. The van der Waals surface area contributed by atoms with Crippen molar-refractivity contribution < 1.29 is 13.2 Å². The molecule has 0 saturated heterocycles. The molecule has 2 aromatic rings. The van der Waals surface area contributed by atoms with Crippen molar-refractivity contribution >= 4 is 21.6 Å². The normalized spacial score (nSPS) is 14.4. The van der Waals surface area contributed by atoms with Crippen molar-refractivity contribution in [1.29, 1.82) is 0 Å². The van der Waals surface area contributed by atoms with Crippen LogP contribution in [0.1, 0.15) is 47.7 Å². The summed E-state index contributed by atoms with van der Waals surface area (Å²) in [5.74, 6) is 0.352. The zero-order valence-electron chi connectivity index (χ0n) is 15.3. The highest BCUT2D eigenvalue weighted by molar-refractivity contribution is 7.89. The average molecular weight is 372 g/mol. The highest BCUT2D eigenvalue weighted by atomic mass is 32.2. The number of benzene rings is 2. The van der Waals surface area contributed by atoms with Crippen molar-refractivity contribution in [3.63, 3.8) is 0 Å². The Balaban J connectivity index is 1.90. The Kier molecular flexibility index (Phi) is 5.16. The van der Waals surface area contributed by atoms with E-state index < -0.39 is 10.0 Å². The van der Waals surface area contributed by atoms with Gasteiger partial charge in [0.25, 0.3) is 5.91 Å². The maximum atomic E-state index is 13.0. The van der Waals surface area contributed by atoms with Gasteiger partial charge in [-0.2, -0.15) is 0 Å². The van der Waals surface area contributed by atoms with E-state index in [4.69, 9.17) is 0 Å². The van der Waals surface area contributed by atoms with Crippen molar-refractivity contribution in [2.75, 3.05) is 18.5 Å². The van der Waals surface area contributed by atoms with Crippen LogP contribution < -0.4 is 9.62 Å². The summed E-state index contributed by atoms with van der Waals surface area (Å²) in [5.41, 5.74) is 3.92. The summed E-state index contributed by atoms with van der Waals surface area (Å²) in [7, 11) is -2.14. The zero-order valence-corrected chi connectivity index (χ0v) is 16.1. The molecule has 0 atom stereocenters. The lowest BCUT2D eigenvalue weighted by Crippen LogP contribution is -2.35. The smallest absolute Gasteiger partial charge is 0.258 e. The molecular weight excluding hydrogens is 348 g/mol. The molecule has 1 heterocycles. The lowest BCUT2D eigenvalue weighted by atomic mass is 9.94. The van der Waals surface area contributed by atoms with Crippen molar-refractivity contribution in [3.8, 4) is 0 Å². The quantitative estimate of drug-likeness (QED) is 0.895. The molecule has 2 aromatic carbocycles. The fourth-order valence-electron chi connectivity index (χ4n) is 3.24. The number of rotatable bonds is 4. The number of nitrogens with one attached hydrogen (secondary N) is 1. The van der Waals surface area contributed by atoms with Crippen LogP contribution in [0.2, 0.25) is 0 Å². The minimum Gasteiger partial charge on any atom is -0.308 e. The molecule has 0 aromatic heterocycles. The summed E-state index contributed by atoms with van der Waals surface area (Å²) < 4.78 is 25.9. The molecule has 0 bridgehead atoms. The molecular formula is C20H24N2O3S. The summed E-state index contributed by atoms with van der Waals surface area (Å²) in [6.45, 7) is 4.99. The summed E-state index contributed by atoms with van der Waals surface area (Å²) >= 11 is 0. The second kappa shape index (κ2) is 7.21. The first-order valence-electron chi connectivity index (χ1n) is 8.82. The molecule has 26 heavy (non-hydrogen) atoms. The van der Waals surface area contributed by atoms with Crippen LogP contribution in [0.5, 0.6) is 0 Å². The third-order valence-corrected chi connectivity index (χ3v) is 6.24. The lowest BCUT2D eigenvalue weighted by molar-refractivity contribution is 0.0985. The van der Waals surface area contributed by atoms with E-state index in [0.717, 1.165) is 18.5 Å². The average Bonchev–Trinajstić information content (AvgIpc) is 2.66. The lowest BCUT2D eigenvalue weighted by Gasteiger charge is -2.30. The number of carbonyl (C=O) groups excluding carboxylic acids is 1. The molecule has 1 aliphatic heterocycles. The van der Waals surface area contributed by atoms with Crippen LogP contribution in [0.4, 0.5) is 5.69 Å². The topological polar surface area (TPSA) is 66.5 Å². The van der Waals surface area contributed by atoms with Crippen LogP contribution in [0, 0.1) is 0 Å². The molecule has 5 nitrogen and oxygen atoms in total. The number of hydrogen-bond acceptors (Lipinski definition) is 3. The standard InChI is InChI=1S/C20H24N2O3S/c1-14(2)16-8-11-19-17(13-16)5-4-12-22(19)20(23)15-6-9-18(10-7-15)26(24,25)21-3/h6-11,13-14,21H,4-5,12H2,1-3H3. The van der Waals surface area contributed by atoms with Gasteiger partial charge in [-0.1, -0.05) is 26.0 Å². The molecule has 138 valence electrons. The number of fused-ring (bicyclic) bond motifs is 1. The van der Waals surface area contributed by atoms with E-state index in [1.165, 1.54) is 30.3 Å². The largest absolute Gasteiger partial charge is 0.308 e. The third kappa shape index (κ3) is 3.52. The van der Waals surface area contributed by atoms with Gasteiger partial charge in [-0.3, -0.25) is 4.79 Å². The Bertz CT molecular complexity index is 919. The molecule has 6 heteroatoms. The predicted octanol–water partition coefficient (Wildman–Crippen LogP) is 3.31. The van der Waals surface area contributed by atoms with E-state index in [-0.39, 0.29) is 10.8 Å². The highest BCUT2D eigenvalue weighted by Gasteiger charge is 2.24. The third-order valence-electron chi connectivity index (χ3n) is 4.81. The van der Waals surface area contributed by atoms with Crippen LogP contribution >= 0.6 is 0 Å². The van der Waals surface area contributed by atoms with Gasteiger partial charge in [0.1, 0.15) is 0 Å². The van der Waals surface area contributed by atoms with Gasteiger partial charge in [-0.25, -0.2) is 13.1 Å². The van der Waals surface area contributed by atoms with E-state index in [1.54, 1.807) is 17.0 Å². The SMILES string of the molecule is CNS(=O)(=O)c1ccc(C(=O)N2CCCc3cc(C(C)C)ccc32)cc1. The molecule has 0 fully saturated rings. The minimum atomic E-state index is -3.50. The summed E-state index contributed by atoms with van der Waals surface area (Å²) in [6, 6.07) is 12.4. The van der Waals surface area contributed by atoms with Gasteiger partial charge >= 0.3 is 0 Å². The van der Waals surface area contributed by atoms with E-state index in [0.29, 0.717) is 18.0 Å². The van der Waals surface area contributed by atoms with Gasteiger partial charge in [0, 0.05) is 17.8 Å². The van der Waals surface area contributed by atoms with Gasteiger partial charge in [0.2, 0.25) is 10.0 Å². The zero-order chi connectivity index (χ0) is 18.9. The van der Waals surface area contributed by atoms with Crippen molar-refractivity contribution in [2.45, 2.75) is 37.5 Å². The highest BCUT2D eigenvalue weighted by Crippen LogP contribution is 2.31. The molecule has 0 radical (unpaired) electrons. The monoisotopic (exact) mass is 372 g/mol. The second-order valence-electron chi connectivity index (χ2n) is 6.84. The van der Waals surface area contributed by atoms with Crippen molar-refractivity contribution in [1.82, 2.24) is 4.72 Å².